The summed E-state index contributed by atoms with van der Waals surface area (Å²) in [4.78, 5) is 0. The lowest BCUT2D eigenvalue weighted by atomic mass is 9.92. The summed E-state index contributed by atoms with van der Waals surface area (Å²) < 4.78 is 10.7. The van der Waals surface area contributed by atoms with Crippen molar-refractivity contribution in [2.75, 3.05) is 33.5 Å². The highest BCUT2D eigenvalue weighted by Gasteiger charge is 2.21. The van der Waals surface area contributed by atoms with Crippen LogP contribution in [0.5, 0.6) is 0 Å². The highest BCUT2D eigenvalue weighted by Crippen LogP contribution is 2.25. The first-order chi connectivity index (χ1) is 8.38. The molecule has 0 aliphatic heterocycles. The molecule has 0 radical (unpaired) electrons. The molecule has 0 heterocycles. The van der Waals surface area contributed by atoms with E-state index in [1.165, 1.54) is 38.5 Å². The Morgan fingerprint density at radius 2 is 1.82 bits per heavy atom. The molecule has 1 unspecified atom stereocenters. The van der Waals surface area contributed by atoms with Gasteiger partial charge in [0.05, 0.1) is 19.8 Å². The van der Waals surface area contributed by atoms with Crippen molar-refractivity contribution in [2.45, 2.75) is 51.5 Å². The number of methoxy groups -OCH3 is 1. The first-order valence-electron chi connectivity index (χ1n) is 7.18. The third-order valence-corrected chi connectivity index (χ3v) is 3.66. The first kappa shape index (κ1) is 14.9. The maximum absolute atomic E-state index is 5.70. The van der Waals surface area contributed by atoms with E-state index in [0.29, 0.717) is 19.3 Å². The number of rotatable bonds is 8. The zero-order chi connectivity index (χ0) is 12.3. The molecule has 1 N–H and O–H groups in total. The van der Waals surface area contributed by atoms with E-state index in [2.05, 4.69) is 12.2 Å². The zero-order valence-corrected chi connectivity index (χ0v) is 11.5. The Labute approximate surface area is 106 Å². The van der Waals surface area contributed by atoms with E-state index < -0.39 is 0 Å². The van der Waals surface area contributed by atoms with Crippen LogP contribution in [0.4, 0.5) is 0 Å². The van der Waals surface area contributed by atoms with Crippen molar-refractivity contribution in [2.24, 2.45) is 5.92 Å². The minimum absolute atomic E-state index is 0.537. The predicted molar refractivity (Wildman–Crippen MR) is 71.4 cm³/mol. The van der Waals surface area contributed by atoms with E-state index in [1.54, 1.807) is 7.11 Å². The number of ether oxygens (including phenoxy) is 2. The van der Waals surface area contributed by atoms with Crippen molar-refractivity contribution in [1.82, 2.24) is 5.32 Å². The molecule has 0 aromatic heterocycles. The van der Waals surface area contributed by atoms with Crippen LogP contribution in [0.25, 0.3) is 0 Å². The van der Waals surface area contributed by atoms with E-state index in [-0.39, 0.29) is 0 Å². The van der Waals surface area contributed by atoms with Gasteiger partial charge in [-0.25, -0.2) is 0 Å². The van der Waals surface area contributed by atoms with Crippen molar-refractivity contribution in [3.8, 4) is 0 Å². The molecule has 102 valence electrons. The molecular weight excluding hydrogens is 214 g/mol. The van der Waals surface area contributed by atoms with Crippen LogP contribution in [0.2, 0.25) is 0 Å². The van der Waals surface area contributed by atoms with Gasteiger partial charge in [-0.2, -0.15) is 0 Å². The molecule has 1 aliphatic carbocycles. The molecule has 0 spiro atoms. The molecule has 0 saturated heterocycles. The van der Waals surface area contributed by atoms with Gasteiger partial charge < -0.3 is 14.8 Å². The van der Waals surface area contributed by atoms with Gasteiger partial charge in [0.1, 0.15) is 0 Å². The molecule has 1 atom stereocenters. The molecule has 17 heavy (non-hydrogen) atoms. The van der Waals surface area contributed by atoms with Crippen molar-refractivity contribution in [3.05, 3.63) is 0 Å². The van der Waals surface area contributed by atoms with Crippen LogP contribution in [-0.2, 0) is 9.47 Å². The number of hydrogen-bond acceptors (Lipinski definition) is 3. The number of nitrogens with one attached hydrogen (secondary N) is 1. The lowest BCUT2D eigenvalue weighted by molar-refractivity contribution is 0.0477. The van der Waals surface area contributed by atoms with Gasteiger partial charge in [-0.15, -0.1) is 0 Å². The molecule has 0 bridgehead atoms. The molecule has 3 heteroatoms. The molecule has 0 amide bonds. The average Bonchev–Trinajstić information content (AvgIpc) is 2.62. The topological polar surface area (TPSA) is 30.5 Å². The summed E-state index contributed by atoms with van der Waals surface area (Å²) in [5, 5.41) is 3.59. The fourth-order valence-corrected chi connectivity index (χ4v) is 2.69. The molecule has 1 rings (SSSR count). The normalized spacial score (nSPS) is 20.1. The maximum Gasteiger partial charge on any atom is 0.0701 e. The minimum atomic E-state index is 0.537. The van der Waals surface area contributed by atoms with Gasteiger partial charge in [0.15, 0.2) is 0 Å². The second-order valence-electron chi connectivity index (χ2n) is 4.98. The van der Waals surface area contributed by atoms with Crippen LogP contribution >= 0.6 is 0 Å². The lowest BCUT2D eigenvalue weighted by Crippen LogP contribution is -2.40. The SMILES string of the molecule is CCNC(COCCOC)C1CCCCCC1. The van der Waals surface area contributed by atoms with Crippen molar-refractivity contribution in [3.63, 3.8) is 0 Å². The second-order valence-corrected chi connectivity index (χ2v) is 4.98. The Morgan fingerprint density at radius 1 is 1.12 bits per heavy atom. The van der Waals surface area contributed by atoms with Gasteiger partial charge in [0, 0.05) is 13.2 Å². The Morgan fingerprint density at radius 3 is 2.41 bits per heavy atom. The van der Waals surface area contributed by atoms with Crippen molar-refractivity contribution < 1.29 is 9.47 Å². The molecule has 1 fully saturated rings. The van der Waals surface area contributed by atoms with Crippen LogP contribution in [0.15, 0.2) is 0 Å². The van der Waals surface area contributed by atoms with Crippen LogP contribution in [-0.4, -0.2) is 39.5 Å². The highest BCUT2D eigenvalue weighted by molar-refractivity contribution is 4.78. The Bertz CT molecular complexity index is 168. The van der Waals surface area contributed by atoms with Crippen molar-refractivity contribution >= 4 is 0 Å². The minimum Gasteiger partial charge on any atom is -0.382 e. The third-order valence-electron chi connectivity index (χ3n) is 3.66. The highest BCUT2D eigenvalue weighted by atomic mass is 16.5. The zero-order valence-electron chi connectivity index (χ0n) is 11.5. The number of likely N-dealkylation sites (N-methyl/N-ethyl adjacent to an activating group) is 1. The smallest absolute Gasteiger partial charge is 0.0701 e. The molecular formula is C14H29NO2. The van der Waals surface area contributed by atoms with Gasteiger partial charge in [0.25, 0.3) is 0 Å². The van der Waals surface area contributed by atoms with Gasteiger partial charge >= 0.3 is 0 Å². The van der Waals surface area contributed by atoms with Crippen LogP contribution in [0.1, 0.15) is 45.4 Å². The summed E-state index contributed by atoms with van der Waals surface area (Å²) in [6, 6.07) is 0.537. The van der Waals surface area contributed by atoms with Gasteiger partial charge in [0.2, 0.25) is 0 Å². The summed E-state index contributed by atoms with van der Waals surface area (Å²) in [5.41, 5.74) is 0. The number of hydrogen-bond donors (Lipinski definition) is 1. The summed E-state index contributed by atoms with van der Waals surface area (Å²) in [6.45, 7) is 5.46. The van der Waals surface area contributed by atoms with E-state index in [9.17, 15) is 0 Å². The van der Waals surface area contributed by atoms with Crippen LogP contribution in [0, 0.1) is 5.92 Å². The largest absolute Gasteiger partial charge is 0.382 e. The Hall–Kier alpha value is -0.120. The van der Waals surface area contributed by atoms with E-state index in [4.69, 9.17) is 9.47 Å². The molecule has 0 aromatic carbocycles. The molecule has 1 saturated carbocycles. The standard InChI is InChI=1S/C14H29NO2/c1-3-15-14(12-17-11-10-16-2)13-8-6-4-5-7-9-13/h13-15H,3-12H2,1-2H3. The van der Waals surface area contributed by atoms with Gasteiger partial charge in [-0.3, -0.25) is 0 Å². The second kappa shape index (κ2) is 9.86. The van der Waals surface area contributed by atoms with Gasteiger partial charge in [-0.05, 0) is 25.3 Å². The van der Waals surface area contributed by atoms with Gasteiger partial charge in [-0.1, -0.05) is 32.6 Å². The summed E-state index contributed by atoms with van der Waals surface area (Å²) in [6.07, 6.45) is 8.35. The van der Waals surface area contributed by atoms with Crippen molar-refractivity contribution in [1.29, 1.82) is 0 Å². The molecule has 0 aromatic rings. The summed E-state index contributed by atoms with van der Waals surface area (Å²) in [7, 11) is 1.72. The quantitative estimate of drug-likeness (QED) is 0.525. The first-order valence-corrected chi connectivity index (χ1v) is 7.18. The average molecular weight is 243 g/mol. The fraction of sp³-hybridized carbons (Fsp3) is 1.00. The van der Waals surface area contributed by atoms with Crippen LogP contribution < -0.4 is 5.32 Å². The molecule has 3 nitrogen and oxygen atoms in total. The van der Waals surface area contributed by atoms with Crippen LogP contribution in [0.3, 0.4) is 0 Å². The fourth-order valence-electron chi connectivity index (χ4n) is 2.69. The predicted octanol–water partition coefficient (Wildman–Crippen LogP) is 2.60. The lowest BCUT2D eigenvalue weighted by Gasteiger charge is -2.26. The Kier molecular flexibility index (Phi) is 8.67. The third kappa shape index (κ3) is 6.39. The van der Waals surface area contributed by atoms with E-state index >= 15 is 0 Å². The summed E-state index contributed by atoms with van der Waals surface area (Å²) in [5.74, 6) is 0.806. The molecule has 1 aliphatic rings. The summed E-state index contributed by atoms with van der Waals surface area (Å²) >= 11 is 0. The van der Waals surface area contributed by atoms with E-state index in [0.717, 1.165) is 19.1 Å². The Balaban J connectivity index is 2.28. The van der Waals surface area contributed by atoms with E-state index in [1.807, 2.05) is 0 Å². The monoisotopic (exact) mass is 243 g/mol. The maximum atomic E-state index is 5.70.